The SMILES string of the molecule is CN(C)c1ccc(C2C3=C(CC(c4cccs4)CC3=O)Nc3ncnn32)cc1. The fourth-order valence-corrected chi connectivity index (χ4v) is 4.97. The highest BCUT2D eigenvalue weighted by Crippen LogP contribution is 2.44. The molecule has 1 aliphatic carbocycles. The molecule has 1 aromatic carbocycles. The molecular weight excluding hydrogens is 370 g/mol. The molecule has 2 aliphatic rings. The van der Waals surface area contributed by atoms with Crippen LogP contribution in [0.1, 0.15) is 35.2 Å². The first-order valence-corrected chi connectivity index (χ1v) is 10.2. The first-order chi connectivity index (χ1) is 13.6. The molecule has 2 aromatic heterocycles. The summed E-state index contributed by atoms with van der Waals surface area (Å²) in [6, 6.07) is 12.3. The number of nitrogens with zero attached hydrogens (tertiary/aromatic N) is 4. The van der Waals surface area contributed by atoms with Crippen molar-refractivity contribution in [2.45, 2.75) is 24.8 Å². The number of carbonyl (C=O) groups is 1. The van der Waals surface area contributed by atoms with Crippen LogP contribution < -0.4 is 10.2 Å². The lowest BCUT2D eigenvalue weighted by atomic mass is 9.80. The second-order valence-corrected chi connectivity index (χ2v) is 8.46. The largest absolute Gasteiger partial charge is 0.378 e. The van der Waals surface area contributed by atoms with Crippen molar-refractivity contribution >= 4 is 28.8 Å². The lowest BCUT2D eigenvalue weighted by Gasteiger charge is -2.35. The van der Waals surface area contributed by atoms with Gasteiger partial charge >= 0.3 is 0 Å². The molecule has 1 N–H and O–H groups in total. The Morgan fingerprint density at radius 1 is 1.18 bits per heavy atom. The summed E-state index contributed by atoms with van der Waals surface area (Å²) in [7, 11) is 4.04. The number of nitrogens with one attached hydrogen (secondary N) is 1. The molecule has 142 valence electrons. The second-order valence-electron chi connectivity index (χ2n) is 7.48. The maximum absolute atomic E-state index is 13.3. The van der Waals surface area contributed by atoms with Gasteiger partial charge in [0.25, 0.3) is 0 Å². The highest BCUT2D eigenvalue weighted by atomic mass is 32.1. The van der Waals surface area contributed by atoms with Gasteiger partial charge in [-0.3, -0.25) is 4.79 Å². The Hall–Kier alpha value is -2.93. The summed E-state index contributed by atoms with van der Waals surface area (Å²) < 4.78 is 1.83. The highest BCUT2D eigenvalue weighted by molar-refractivity contribution is 7.10. The molecule has 0 radical (unpaired) electrons. The highest BCUT2D eigenvalue weighted by Gasteiger charge is 2.39. The van der Waals surface area contributed by atoms with Crippen molar-refractivity contribution in [1.29, 1.82) is 0 Å². The molecule has 3 heterocycles. The number of carbonyl (C=O) groups excluding carboxylic acids is 1. The molecular formula is C21H21N5OS. The van der Waals surface area contributed by atoms with E-state index in [-0.39, 0.29) is 17.7 Å². The fraction of sp³-hybridized carbons (Fsp3) is 0.286. The number of hydrogen-bond donors (Lipinski definition) is 1. The Kier molecular flexibility index (Phi) is 4.05. The van der Waals surface area contributed by atoms with Gasteiger partial charge in [-0.1, -0.05) is 18.2 Å². The number of fused-ring (bicyclic) bond motifs is 1. The van der Waals surface area contributed by atoms with Crippen molar-refractivity contribution in [3.05, 3.63) is 69.8 Å². The van der Waals surface area contributed by atoms with E-state index in [9.17, 15) is 4.79 Å². The molecule has 2 atom stereocenters. The number of thiophene rings is 1. The quantitative estimate of drug-likeness (QED) is 0.735. The Morgan fingerprint density at radius 2 is 2.00 bits per heavy atom. The van der Waals surface area contributed by atoms with E-state index >= 15 is 0 Å². The molecule has 0 saturated heterocycles. The number of ketones is 1. The van der Waals surface area contributed by atoms with Crippen LogP contribution in [0.2, 0.25) is 0 Å². The van der Waals surface area contributed by atoms with E-state index in [1.807, 2.05) is 18.8 Å². The predicted molar refractivity (Wildman–Crippen MR) is 111 cm³/mol. The zero-order valence-corrected chi connectivity index (χ0v) is 16.6. The van der Waals surface area contributed by atoms with Crippen molar-refractivity contribution in [2.75, 3.05) is 24.3 Å². The lowest BCUT2D eigenvalue weighted by Crippen LogP contribution is -2.33. The Labute approximate surface area is 167 Å². The summed E-state index contributed by atoms with van der Waals surface area (Å²) in [5, 5.41) is 9.86. The van der Waals surface area contributed by atoms with E-state index in [0.29, 0.717) is 12.4 Å². The Bertz CT molecular complexity index is 1050. The molecule has 6 nitrogen and oxygen atoms in total. The fourth-order valence-electron chi connectivity index (χ4n) is 4.14. The molecule has 1 aliphatic heterocycles. The standard InChI is InChI=1S/C21H21N5OS/c1-25(2)15-7-5-13(6-8-15)20-19-16(24-21-22-12-23-26(20)21)10-14(11-17(19)27)18-4-3-9-28-18/h3-9,12,14,20H,10-11H2,1-2H3,(H,22,23,24). The Morgan fingerprint density at radius 3 is 2.71 bits per heavy atom. The first kappa shape index (κ1) is 17.2. The third-order valence-electron chi connectivity index (χ3n) is 5.53. The number of anilines is 2. The molecule has 2 unspecified atom stereocenters. The predicted octanol–water partition coefficient (Wildman–Crippen LogP) is 3.82. The molecule has 3 aromatic rings. The van der Waals surface area contributed by atoms with E-state index in [1.54, 1.807) is 17.7 Å². The first-order valence-electron chi connectivity index (χ1n) is 9.35. The average Bonchev–Trinajstić information content (AvgIpc) is 3.38. The molecule has 0 fully saturated rings. The zero-order chi connectivity index (χ0) is 19.3. The maximum Gasteiger partial charge on any atom is 0.226 e. The lowest BCUT2D eigenvalue weighted by molar-refractivity contribution is -0.116. The summed E-state index contributed by atoms with van der Waals surface area (Å²) in [6.07, 6.45) is 2.90. The summed E-state index contributed by atoms with van der Waals surface area (Å²) in [5.41, 5.74) is 3.98. The number of hydrogen-bond acceptors (Lipinski definition) is 6. The third kappa shape index (κ3) is 2.74. The summed E-state index contributed by atoms with van der Waals surface area (Å²) in [6.45, 7) is 0. The van der Waals surface area contributed by atoms with Gasteiger partial charge in [0.05, 0.1) is 0 Å². The Balaban J connectivity index is 1.58. The number of Topliss-reactive ketones (excluding diaryl/α,β-unsaturated/α-hetero) is 1. The van der Waals surface area contributed by atoms with E-state index < -0.39 is 0 Å². The van der Waals surface area contributed by atoms with Gasteiger partial charge in [-0.15, -0.1) is 11.3 Å². The molecule has 0 saturated carbocycles. The summed E-state index contributed by atoms with van der Waals surface area (Å²) in [4.78, 5) is 21.0. The summed E-state index contributed by atoms with van der Waals surface area (Å²) >= 11 is 1.72. The van der Waals surface area contributed by atoms with Crippen molar-refractivity contribution in [2.24, 2.45) is 0 Å². The average molecular weight is 392 g/mol. The number of rotatable bonds is 3. The van der Waals surface area contributed by atoms with Crippen molar-refractivity contribution in [3.8, 4) is 0 Å². The minimum atomic E-state index is -0.234. The molecule has 0 bridgehead atoms. The van der Waals surface area contributed by atoms with Crippen LogP contribution in [0.25, 0.3) is 0 Å². The number of allylic oxidation sites excluding steroid dienone is 2. The zero-order valence-electron chi connectivity index (χ0n) is 15.8. The second kappa shape index (κ2) is 6.60. The van der Waals surface area contributed by atoms with Gasteiger partial charge in [0.1, 0.15) is 12.4 Å². The van der Waals surface area contributed by atoms with Crippen LogP contribution in [0.3, 0.4) is 0 Å². The van der Waals surface area contributed by atoms with E-state index in [1.165, 1.54) is 4.88 Å². The monoisotopic (exact) mass is 391 g/mol. The summed E-state index contributed by atoms with van der Waals surface area (Å²) in [5.74, 6) is 1.11. The van der Waals surface area contributed by atoms with Crippen molar-refractivity contribution in [3.63, 3.8) is 0 Å². The third-order valence-corrected chi connectivity index (χ3v) is 6.57. The number of benzene rings is 1. The maximum atomic E-state index is 13.3. The van der Waals surface area contributed by atoms with Crippen LogP contribution in [0, 0.1) is 0 Å². The van der Waals surface area contributed by atoms with Crippen LogP contribution in [-0.2, 0) is 4.79 Å². The molecule has 7 heteroatoms. The van der Waals surface area contributed by atoms with E-state index in [0.717, 1.165) is 28.9 Å². The van der Waals surface area contributed by atoms with Crippen molar-refractivity contribution < 1.29 is 4.79 Å². The minimum absolute atomic E-state index is 0.190. The van der Waals surface area contributed by atoms with Gasteiger partial charge in [0, 0.05) is 48.3 Å². The topological polar surface area (TPSA) is 63.1 Å². The molecule has 0 amide bonds. The van der Waals surface area contributed by atoms with Gasteiger partial charge in [0.15, 0.2) is 5.78 Å². The minimum Gasteiger partial charge on any atom is -0.378 e. The molecule has 5 rings (SSSR count). The smallest absolute Gasteiger partial charge is 0.226 e. The molecule has 0 spiro atoms. The van der Waals surface area contributed by atoms with E-state index in [4.69, 9.17) is 0 Å². The van der Waals surface area contributed by atoms with Gasteiger partial charge < -0.3 is 10.2 Å². The van der Waals surface area contributed by atoms with Crippen LogP contribution in [0.15, 0.2) is 59.4 Å². The van der Waals surface area contributed by atoms with Gasteiger partial charge in [-0.05, 0) is 35.6 Å². The van der Waals surface area contributed by atoms with Crippen LogP contribution in [0.4, 0.5) is 11.6 Å². The van der Waals surface area contributed by atoms with E-state index in [2.05, 4.69) is 62.1 Å². The van der Waals surface area contributed by atoms with Gasteiger partial charge in [-0.2, -0.15) is 10.1 Å². The normalized spacial score (nSPS) is 21.1. The van der Waals surface area contributed by atoms with Gasteiger partial charge in [-0.25, -0.2) is 4.68 Å². The van der Waals surface area contributed by atoms with Crippen LogP contribution in [-0.4, -0.2) is 34.6 Å². The molecule has 28 heavy (non-hydrogen) atoms. The van der Waals surface area contributed by atoms with Crippen molar-refractivity contribution in [1.82, 2.24) is 14.8 Å². The van der Waals surface area contributed by atoms with Gasteiger partial charge in [0.2, 0.25) is 5.95 Å². The number of aromatic nitrogens is 3. The van der Waals surface area contributed by atoms with Crippen LogP contribution >= 0.6 is 11.3 Å². The van der Waals surface area contributed by atoms with Crippen LogP contribution in [0.5, 0.6) is 0 Å².